The normalized spacial score (nSPS) is 11.6. The number of nitrogen functional groups attached to an aromatic ring is 1. The highest BCUT2D eigenvalue weighted by atomic mass is 19.4. The van der Waals surface area contributed by atoms with Gasteiger partial charge in [-0.1, -0.05) is 18.2 Å². The van der Waals surface area contributed by atoms with Crippen molar-refractivity contribution in [2.24, 2.45) is 0 Å². The highest BCUT2D eigenvalue weighted by molar-refractivity contribution is 5.35. The van der Waals surface area contributed by atoms with E-state index in [1.54, 1.807) is 25.1 Å². The van der Waals surface area contributed by atoms with Crippen molar-refractivity contribution in [3.05, 3.63) is 41.6 Å². The van der Waals surface area contributed by atoms with Gasteiger partial charge >= 0.3 is 6.36 Å². The molecule has 0 aliphatic heterocycles. The van der Waals surface area contributed by atoms with Crippen molar-refractivity contribution in [1.29, 1.82) is 0 Å². The molecule has 0 bridgehead atoms. The molecular formula is C12H12F3N3O. The fraction of sp³-hybridized carbons (Fsp3) is 0.250. The first-order chi connectivity index (χ1) is 8.85. The van der Waals surface area contributed by atoms with Gasteiger partial charge in [-0.3, -0.25) is 4.68 Å². The summed E-state index contributed by atoms with van der Waals surface area (Å²) in [5, 5.41) is 4.00. The minimum Gasteiger partial charge on any atom is -0.405 e. The van der Waals surface area contributed by atoms with Crippen molar-refractivity contribution in [1.82, 2.24) is 9.78 Å². The molecule has 0 unspecified atom stereocenters. The molecule has 1 aromatic carbocycles. The van der Waals surface area contributed by atoms with Gasteiger partial charge in [-0.2, -0.15) is 5.10 Å². The molecule has 0 amide bonds. The Morgan fingerprint density at radius 1 is 1.32 bits per heavy atom. The van der Waals surface area contributed by atoms with Crippen LogP contribution in [-0.4, -0.2) is 16.1 Å². The van der Waals surface area contributed by atoms with Crippen molar-refractivity contribution >= 4 is 5.82 Å². The van der Waals surface area contributed by atoms with Crippen LogP contribution >= 0.6 is 0 Å². The number of benzene rings is 1. The maximum atomic E-state index is 12.3. The minimum atomic E-state index is -4.71. The second kappa shape index (κ2) is 4.83. The van der Waals surface area contributed by atoms with Gasteiger partial charge in [0.15, 0.2) is 0 Å². The molecule has 2 aromatic rings. The average Bonchev–Trinajstić information content (AvgIpc) is 2.58. The Bertz CT molecular complexity index is 578. The molecule has 102 valence electrons. The molecule has 2 N–H and O–H groups in total. The second-order valence-electron chi connectivity index (χ2n) is 4.02. The highest BCUT2D eigenvalue weighted by Crippen LogP contribution is 2.27. The van der Waals surface area contributed by atoms with E-state index in [9.17, 15) is 13.2 Å². The molecule has 2 rings (SSSR count). The summed E-state index contributed by atoms with van der Waals surface area (Å²) in [5.74, 6) is 0.0928. The summed E-state index contributed by atoms with van der Waals surface area (Å²) in [6.45, 7) is 1.94. The zero-order chi connectivity index (χ0) is 14.0. The van der Waals surface area contributed by atoms with E-state index in [1.807, 2.05) is 0 Å². The summed E-state index contributed by atoms with van der Waals surface area (Å²) in [5.41, 5.74) is 6.67. The van der Waals surface area contributed by atoms with Gasteiger partial charge in [-0.25, -0.2) is 0 Å². The van der Waals surface area contributed by atoms with E-state index in [2.05, 4.69) is 9.84 Å². The molecule has 0 fully saturated rings. The number of aromatic nitrogens is 2. The topological polar surface area (TPSA) is 53.1 Å². The molecule has 1 aromatic heterocycles. The van der Waals surface area contributed by atoms with E-state index in [1.165, 1.54) is 16.8 Å². The monoisotopic (exact) mass is 271 g/mol. The first-order valence-electron chi connectivity index (χ1n) is 5.49. The van der Waals surface area contributed by atoms with Gasteiger partial charge < -0.3 is 10.5 Å². The fourth-order valence-corrected chi connectivity index (χ4v) is 1.72. The number of nitrogens with two attached hydrogens (primary N) is 1. The fourth-order valence-electron chi connectivity index (χ4n) is 1.72. The SMILES string of the molecule is Cc1cc(N)nn1Cc1ccccc1OC(F)(F)F. The zero-order valence-electron chi connectivity index (χ0n) is 10.1. The summed E-state index contributed by atoms with van der Waals surface area (Å²) in [6, 6.07) is 7.59. The quantitative estimate of drug-likeness (QED) is 0.933. The van der Waals surface area contributed by atoms with Crippen LogP contribution in [0.15, 0.2) is 30.3 Å². The van der Waals surface area contributed by atoms with Crippen LogP contribution in [0.1, 0.15) is 11.3 Å². The van der Waals surface area contributed by atoms with Crippen molar-refractivity contribution in [2.75, 3.05) is 5.73 Å². The molecule has 0 saturated heterocycles. The molecule has 0 radical (unpaired) electrons. The maximum absolute atomic E-state index is 12.3. The molecule has 0 aliphatic rings. The number of nitrogens with zero attached hydrogens (tertiary/aromatic N) is 2. The van der Waals surface area contributed by atoms with E-state index in [-0.39, 0.29) is 12.3 Å². The lowest BCUT2D eigenvalue weighted by atomic mass is 10.2. The number of aryl methyl sites for hydroxylation is 1. The number of hydrogen-bond donors (Lipinski definition) is 1. The molecular weight excluding hydrogens is 259 g/mol. The Labute approximate surface area is 107 Å². The largest absolute Gasteiger partial charge is 0.573 e. The lowest BCUT2D eigenvalue weighted by molar-refractivity contribution is -0.274. The molecule has 4 nitrogen and oxygen atoms in total. The highest BCUT2D eigenvalue weighted by Gasteiger charge is 2.32. The third-order valence-electron chi connectivity index (χ3n) is 2.52. The van der Waals surface area contributed by atoms with Crippen molar-refractivity contribution in [3.63, 3.8) is 0 Å². The van der Waals surface area contributed by atoms with Crippen LogP contribution in [0.2, 0.25) is 0 Å². The molecule has 0 aliphatic carbocycles. The van der Waals surface area contributed by atoms with Crippen LogP contribution in [0.25, 0.3) is 0 Å². The third-order valence-corrected chi connectivity index (χ3v) is 2.52. The predicted molar refractivity (Wildman–Crippen MR) is 63.6 cm³/mol. The van der Waals surface area contributed by atoms with Gasteiger partial charge in [0.05, 0.1) is 6.54 Å². The maximum Gasteiger partial charge on any atom is 0.573 e. The van der Waals surface area contributed by atoms with Gasteiger partial charge in [-0.05, 0) is 13.0 Å². The number of para-hydroxylation sites is 1. The standard InChI is InChI=1S/C12H12F3N3O/c1-8-6-11(16)17-18(8)7-9-4-2-3-5-10(9)19-12(13,14)15/h2-6H,7H2,1H3,(H2,16,17). The van der Waals surface area contributed by atoms with Crippen LogP contribution in [-0.2, 0) is 6.54 Å². The number of hydrogen-bond acceptors (Lipinski definition) is 3. The van der Waals surface area contributed by atoms with Crippen LogP contribution in [0, 0.1) is 6.92 Å². The summed E-state index contributed by atoms with van der Waals surface area (Å²) < 4.78 is 42.3. The summed E-state index contributed by atoms with van der Waals surface area (Å²) in [7, 11) is 0. The molecule has 0 saturated carbocycles. The first-order valence-corrected chi connectivity index (χ1v) is 5.49. The van der Waals surface area contributed by atoms with Crippen molar-refractivity contribution in [3.8, 4) is 5.75 Å². The lowest BCUT2D eigenvalue weighted by Crippen LogP contribution is -2.18. The summed E-state index contributed by atoms with van der Waals surface area (Å²) in [6.07, 6.45) is -4.71. The predicted octanol–water partition coefficient (Wildman–Crippen LogP) is 2.72. The Morgan fingerprint density at radius 3 is 2.58 bits per heavy atom. The van der Waals surface area contributed by atoms with Gasteiger partial charge in [0, 0.05) is 17.3 Å². The minimum absolute atomic E-state index is 0.162. The molecule has 0 spiro atoms. The van der Waals surface area contributed by atoms with Gasteiger partial charge in [0.25, 0.3) is 0 Å². The first kappa shape index (κ1) is 13.3. The lowest BCUT2D eigenvalue weighted by Gasteiger charge is -2.13. The molecule has 0 atom stereocenters. The van der Waals surface area contributed by atoms with Gasteiger partial charge in [0.2, 0.25) is 0 Å². The number of anilines is 1. The van der Waals surface area contributed by atoms with Crippen molar-refractivity contribution in [2.45, 2.75) is 19.8 Å². The second-order valence-corrected chi connectivity index (χ2v) is 4.02. The molecule has 7 heteroatoms. The molecule has 19 heavy (non-hydrogen) atoms. The zero-order valence-corrected chi connectivity index (χ0v) is 10.1. The van der Waals surface area contributed by atoms with E-state index in [0.717, 1.165) is 5.69 Å². The Hall–Kier alpha value is -2.18. The number of ether oxygens (including phenoxy) is 1. The summed E-state index contributed by atoms with van der Waals surface area (Å²) >= 11 is 0. The van der Waals surface area contributed by atoms with Gasteiger partial charge in [-0.15, -0.1) is 13.2 Å². The number of halogens is 3. The van der Waals surface area contributed by atoms with Crippen LogP contribution in [0.3, 0.4) is 0 Å². The van der Waals surface area contributed by atoms with Crippen LogP contribution < -0.4 is 10.5 Å². The van der Waals surface area contributed by atoms with E-state index in [4.69, 9.17) is 5.73 Å². The Balaban J connectivity index is 2.27. The Kier molecular flexibility index (Phi) is 3.37. The number of alkyl halides is 3. The van der Waals surface area contributed by atoms with Gasteiger partial charge in [0.1, 0.15) is 11.6 Å². The average molecular weight is 271 g/mol. The molecule has 1 heterocycles. The summed E-state index contributed by atoms with van der Waals surface area (Å²) in [4.78, 5) is 0. The Morgan fingerprint density at radius 2 is 2.00 bits per heavy atom. The van der Waals surface area contributed by atoms with E-state index in [0.29, 0.717) is 11.4 Å². The van der Waals surface area contributed by atoms with Crippen LogP contribution in [0.4, 0.5) is 19.0 Å². The van der Waals surface area contributed by atoms with E-state index < -0.39 is 6.36 Å². The van der Waals surface area contributed by atoms with Crippen LogP contribution in [0.5, 0.6) is 5.75 Å². The van der Waals surface area contributed by atoms with Crippen molar-refractivity contribution < 1.29 is 17.9 Å². The van der Waals surface area contributed by atoms with E-state index >= 15 is 0 Å². The number of rotatable bonds is 3. The third kappa shape index (κ3) is 3.40. The smallest absolute Gasteiger partial charge is 0.405 e.